The van der Waals surface area contributed by atoms with Crippen molar-refractivity contribution in [3.8, 4) is 0 Å². The molecule has 4 nitrogen and oxygen atoms in total. The van der Waals surface area contributed by atoms with Crippen LogP contribution in [-0.2, 0) is 6.54 Å². The second-order valence-electron chi connectivity index (χ2n) is 4.68. The molecule has 1 aliphatic rings. The van der Waals surface area contributed by atoms with E-state index in [1.165, 1.54) is 0 Å². The molecule has 0 fully saturated rings. The minimum atomic E-state index is 0.827. The maximum atomic E-state index is 4.65. The first-order valence-electron chi connectivity index (χ1n) is 6.75. The van der Waals surface area contributed by atoms with Gasteiger partial charge in [0.05, 0.1) is 5.69 Å². The molecule has 0 aromatic carbocycles. The highest BCUT2D eigenvalue weighted by Crippen LogP contribution is 2.13. The Hall–Kier alpha value is -1.42. The van der Waals surface area contributed by atoms with E-state index in [4.69, 9.17) is 0 Å². The van der Waals surface area contributed by atoms with E-state index in [9.17, 15) is 0 Å². The van der Waals surface area contributed by atoms with Crippen molar-refractivity contribution in [2.24, 2.45) is 0 Å². The molecule has 1 aromatic rings. The van der Waals surface area contributed by atoms with E-state index in [1.54, 1.807) is 0 Å². The number of rotatable bonds is 5. The van der Waals surface area contributed by atoms with Crippen molar-refractivity contribution in [1.82, 2.24) is 15.3 Å². The van der Waals surface area contributed by atoms with Crippen molar-refractivity contribution in [2.45, 2.75) is 33.2 Å². The molecule has 1 aromatic heterocycles. The highest BCUT2D eigenvalue weighted by Gasteiger charge is 2.11. The Kier molecular flexibility index (Phi) is 4.70. The van der Waals surface area contributed by atoms with Crippen molar-refractivity contribution in [2.75, 3.05) is 24.5 Å². The lowest BCUT2D eigenvalue weighted by molar-refractivity contribution is 0.659. The summed E-state index contributed by atoms with van der Waals surface area (Å²) in [7, 11) is 0. The highest BCUT2D eigenvalue weighted by molar-refractivity contribution is 5.34. The van der Waals surface area contributed by atoms with Crippen molar-refractivity contribution < 1.29 is 0 Å². The van der Waals surface area contributed by atoms with Gasteiger partial charge in [-0.15, -0.1) is 0 Å². The van der Waals surface area contributed by atoms with Crippen LogP contribution in [0, 0.1) is 6.92 Å². The van der Waals surface area contributed by atoms with E-state index in [0.29, 0.717) is 0 Å². The molecule has 4 heteroatoms. The van der Waals surface area contributed by atoms with Gasteiger partial charge in [-0.05, 0) is 32.4 Å². The maximum absolute atomic E-state index is 4.65. The van der Waals surface area contributed by atoms with Crippen LogP contribution in [0.2, 0.25) is 0 Å². The van der Waals surface area contributed by atoms with Gasteiger partial charge in [0.25, 0.3) is 0 Å². The molecule has 1 aliphatic heterocycles. The van der Waals surface area contributed by atoms with E-state index in [2.05, 4.69) is 45.3 Å². The Labute approximate surface area is 109 Å². The topological polar surface area (TPSA) is 41.1 Å². The number of aromatic nitrogens is 2. The maximum Gasteiger partial charge on any atom is 0.226 e. The Morgan fingerprint density at radius 2 is 2.22 bits per heavy atom. The number of nitrogens with zero attached hydrogens (tertiary/aromatic N) is 3. The summed E-state index contributed by atoms with van der Waals surface area (Å²) in [6, 6.07) is 2.06. The van der Waals surface area contributed by atoms with Gasteiger partial charge in [0.15, 0.2) is 0 Å². The molecule has 18 heavy (non-hydrogen) atoms. The van der Waals surface area contributed by atoms with Crippen LogP contribution in [0.5, 0.6) is 0 Å². The Morgan fingerprint density at radius 1 is 1.33 bits per heavy atom. The smallest absolute Gasteiger partial charge is 0.226 e. The summed E-state index contributed by atoms with van der Waals surface area (Å²) < 4.78 is 0. The summed E-state index contributed by atoms with van der Waals surface area (Å²) in [6.45, 7) is 8.00. The molecule has 0 unspecified atom stereocenters. The molecule has 2 heterocycles. The van der Waals surface area contributed by atoms with Crippen LogP contribution in [0.25, 0.3) is 0 Å². The summed E-state index contributed by atoms with van der Waals surface area (Å²) in [5, 5.41) is 3.39. The van der Waals surface area contributed by atoms with Gasteiger partial charge in [-0.3, -0.25) is 0 Å². The fraction of sp³-hybridized carbons (Fsp3) is 0.571. The Balaban J connectivity index is 2.07. The van der Waals surface area contributed by atoms with Gasteiger partial charge in [-0.25, -0.2) is 9.97 Å². The first-order chi connectivity index (χ1) is 8.79. The first-order valence-corrected chi connectivity index (χ1v) is 6.75. The van der Waals surface area contributed by atoms with Crippen LogP contribution in [-0.4, -0.2) is 29.6 Å². The summed E-state index contributed by atoms with van der Waals surface area (Å²) in [6.07, 6.45) is 6.63. The van der Waals surface area contributed by atoms with Gasteiger partial charge < -0.3 is 10.2 Å². The SMILES string of the molecule is CCCNCc1cc(C)nc(N2CC=CCC2)n1. The Morgan fingerprint density at radius 3 is 2.94 bits per heavy atom. The first kappa shape index (κ1) is 13.0. The average molecular weight is 246 g/mol. The molecule has 0 bridgehead atoms. The summed E-state index contributed by atoms with van der Waals surface area (Å²) >= 11 is 0. The number of nitrogens with one attached hydrogen (secondary N) is 1. The van der Waals surface area contributed by atoms with Crippen molar-refractivity contribution in [3.05, 3.63) is 29.6 Å². The van der Waals surface area contributed by atoms with Crippen molar-refractivity contribution >= 4 is 5.95 Å². The monoisotopic (exact) mass is 246 g/mol. The number of hydrogen-bond acceptors (Lipinski definition) is 4. The third kappa shape index (κ3) is 3.53. The molecule has 0 atom stereocenters. The van der Waals surface area contributed by atoms with Crippen LogP contribution in [0.15, 0.2) is 18.2 Å². The van der Waals surface area contributed by atoms with Gasteiger partial charge >= 0.3 is 0 Å². The standard InChI is InChI=1S/C14H22N4/c1-3-7-15-11-13-10-12(2)16-14(17-13)18-8-5-4-6-9-18/h4-5,10,15H,3,6-9,11H2,1-2H3. The fourth-order valence-electron chi connectivity index (χ4n) is 2.07. The van der Waals surface area contributed by atoms with E-state index in [-0.39, 0.29) is 0 Å². The second kappa shape index (κ2) is 6.50. The number of hydrogen-bond donors (Lipinski definition) is 1. The largest absolute Gasteiger partial charge is 0.337 e. The molecule has 0 saturated carbocycles. The predicted octanol–water partition coefficient (Wildman–Crippen LogP) is 2.05. The quantitative estimate of drug-likeness (QED) is 0.638. The molecule has 0 saturated heterocycles. The molecule has 0 radical (unpaired) electrons. The molecule has 0 aliphatic carbocycles. The van der Waals surface area contributed by atoms with E-state index in [0.717, 1.165) is 56.4 Å². The lowest BCUT2D eigenvalue weighted by atomic mass is 10.2. The zero-order chi connectivity index (χ0) is 12.8. The van der Waals surface area contributed by atoms with Crippen LogP contribution in [0.3, 0.4) is 0 Å². The van der Waals surface area contributed by atoms with E-state index >= 15 is 0 Å². The molecular formula is C14H22N4. The third-order valence-electron chi connectivity index (χ3n) is 2.97. The van der Waals surface area contributed by atoms with Crippen LogP contribution >= 0.6 is 0 Å². The lowest BCUT2D eigenvalue weighted by Gasteiger charge is -2.24. The third-order valence-corrected chi connectivity index (χ3v) is 2.97. The minimum Gasteiger partial charge on any atom is -0.337 e. The zero-order valence-electron chi connectivity index (χ0n) is 11.3. The highest BCUT2D eigenvalue weighted by atomic mass is 15.2. The second-order valence-corrected chi connectivity index (χ2v) is 4.68. The summed E-state index contributed by atoms with van der Waals surface area (Å²) in [5.74, 6) is 0.868. The zero-order valence-corrected chi connectivity index (χ0v) is 11.3. The van der Waals surface area contributed by atoms with Gasteiger partial charge in [-0.2, -0.15) is 0 Å². The molecule has 0 spiro atoms. The molecular weight excluding hydrogens is 224 g/mol. The lowest BCUT2D eigenvalue weighted by Crippen LogP contribution is -2.29. The van der Waals surface area contributed by atoms with Gasteiger partial charge in [0, 0.05) is 25.3 Å². The van der Waals surface area contributed by atoms with Crippen LogP contribution < -0.4 is 10.2 Å². The van der Waals surface area contributed by atoms with Crippen LogP contribution in [0.1, 0.15) is 31.2 Å². The Bertz CT molecular complexity index is 414. The molecule has 98 valence electrons. The number of aryl methyl sites for hydroxylation is 1. The molecule has 0 amide bonds. The molecule has 1 N–H and O–H groups in total. The van der Waals surface area contributed by atoms with Gasteiger partial charge in [0.1, 0.15) is 0 Å². The predicted molar refractivity (Wildman–Crippen MR) is 74.7 cm³/mol. The molecule has 2 rings (SSSR count). The van der Waals surface area contributed by atoms with Crippen molar-refractivity contribution in [1.29, 1.82) is 0 Å². The fourth-order valence-corrected chi connectivity index (χ4v) is 2.07. The average Bonchev–Trinajstić information content (AvgIpc) is 2.39. The summed E-state index contributed by atoms with van der Waals surface area (Å²) in [5.41, 5.74) is 2.13. The summed E-state index contributed by atoms with van der Waals surface area (Å²) in [4.78, 5) is 11.4. The number of anilines is 1. The van der Waals surface area contributed by atoms with E-state index < -0.39 is 0 Å². The van der Waals surface area contributed by atoms with Gasteiger partial charge in [-0.1, -0.05) is 19.1 Å². The normalized spacial score (nSPS) is 15.1. The van der Waals surface area contributed by atoms with Gasteiger partial charge in [0.2, 0.25) is 5.95 Å². The van der Waals surface area contributed by atoms with Crippen molar-refractivity contribution in [3.63, 3.8) is 0 Å². The van der Waals surface area contributed by atoms with E-state index in [1.807, 2.05) is 6.92 Å². The van der Waals surface area contributed by atoms with Crippen LogP contribution in [0.4, 0.5) is 5.95 Å². The minimum absolute atomic E-state index is 0.827.